The van der Waals surface area contributed by atoms with Gasteiger partial charge in [0.2, 0.25) is 5.91 Å². The molecule has 0 bridgehead atoms. The van der Waals surface area contributed by atoms with Crippen LogP contribution < -0.4 is 5.73 Å². The van der Waals surface area contributed by atoms with E-state index in [1.165, 1.54) is 0 Å². The lowest BCUT2D eigenvalue weighted by atomic mass is 10.1. The molecule has 0 aliphatic heterocycles. The molecule has 0 saturated carbocycles. The van der Waals surface area contributed by atoms with Crippen molar-refractivity contribution in [1.29, 1.82) is 0 Å². The van der Waals surface area contributed by atoms with Crippen LogP contribution in [0.3, 0.4) is 0 Å². The molecule has 3 nitrogen and oxygen atoms in total. The number of carbonyl (C=O) groups excluding carboxylic acids is 1. The van der Waals surface area contributed by atoms with Crippen molar-refractivity contribution in [2.45, 2.75) is 39.7 Å². The van der Waals surface area contributed by atoms with Crippen molar-refractivity contribution in [2.24, 2.45) is 11.7 Å². The highest BCUT2D eigenvalue weighted by Crippen LogP contribution is 2.07. The molecule has 0 aromatic rings. The fourth-order valence-electron chi connectivity index (χ4n) is 1.28. The van der Waals surface area contributed by atoms with Crippen LogP contribution in [-0.2, 0) is 4.79 Å². The maximum Gasteiger partial charge on any atom is 0.226 e. The molecule has 2 unspecified atom stereocenters. The number of carbonyl (C=O) groups is 1. The van der Waals surface area contributed by atoms with Gasteiger partial charge in [0.25, 0.3) is 0 Å². The van der Waals surface area contributed by atoms with Crippen molar-refractivity contribution in [3.63, 3.8) is 0 Å². The zero-order valence-corrected chi connectivity index (χ0v) is 9.21. The molecule has 1 amide bonds. The molecule has 0 aliphatic rings. The maximum absolute atomic E-state index is 11.6. The van der Waals surface area contributed by atoms with Crippen LogP contribution >= 0.6 is 0 Å². The van der Waals surface area contributed by atoms with Crippen molar-refractivity contribution in [2.75, 3.05) is 13.6 Å². The van der Waals surface area contributed by atoms with Crippen molar-refractivity contribution in [3.05, 3.63) is 0 Å². The van der Waals surface area contributed by atoms with Gasteiger partial charge in [0.1, 0.15) is 0 Å². The minimum atomic E-state index is -0.0516. The monoisotopic (exact) mass is 186 g/mol. The average Bonchev–Trinajstić information content (AvgIpc) is 2.14. The van der Waals surface area contributed by atoms with Gasteiger partial charge in [-0.1, -0.05) is 20.3 Å². The quantitative estimate of drug-likeness (QED) is 0.702. The first kappa shape index (κ1) is 12.4. The van der Waals surface area contributed by atoms with Crippen molar-refractivity contribution in [3.8, 4) is 0 Å². The number of nitrogens with zero attached hydrogens (tertiary/aromatic N) is 1. The number of hydrogen-bond acceptors (Lipinski definition) is 2. The molecule has 0 fully saturated rings. The van der Waals surface area contributed by atoms with Gasteiger partial charge in [-0.3, -0.25) is 4.79 Å². The van der Waals surface area contributed by atoms with Crippen molar-refractivity contribution >= 4 is 5.91 Å². The summed E-state index contributed by atoms with van der Waals surface area (Å²) >= 11 is 0. The SMILES string of the molecule is CCCC(C)N(C)C(=O)C(C)CN. The molecule has 2 atom stereocenters. The second kappa shape index (κ2) is 5.97. The summed E-state index contributed by atoms with van der Waals surface area (Å²) in [4.78, 5) is 13.4. The van der Waals surface area contributed by atoms with Gasteiger partial charge in [0.05, 0.1) is 0 Å². The molecule has 78 valence electrons. The standard InChI is InChI=1S/C10H22N2O/c1-5-6-9(3)12(4)10(13)8(2)7-11/h8-9H,5-7,11H2,1-4H3. The summed E-state index contributed by atoms with van der Waals surface area (Å²) in [6.07, 6.45) is 2.16. The molecule has 0 radical (unpaired) electrons. The number of amides is 1. The first-order valence-electron chi connectivity index (χ1n) is 5.01. The number of rotatable bonds is 5. The Hall–Kier alpha value is -0.570. The van der Waals surface area contributed by atoms with Crippen LogP contribution in [0, 0.1) is 5.92 Å². The third kappa shape index (κ3) is 3.77. The van der Waals surface area contributed by atoms with E-state index in [9.17, 15) is 4.79 Å². The van der Waals surface area contributed by atoms with Gasteiger partial charge in [0.15, 0.2) is 0 Å². The fourth-order valence-corrected chi connectivity index (χ4v) is 1.28. The lowest BCUT2D eigenvalue weighted by molar-refractivity contribution is -0.135. The van der Waals surface area contributed by atoms with Crippen LogP contribution in [0.2, 0.25) is 0 Å². The minimum absolute atomic E-state index is 0.0516. The van der Waals surface area contributed by atoms with E-state index in [1.807, 2.05) is 14.0 Å². The van der Waals surface area contributed by atoms with Gasteiger partial charge in [-0.25, -0.2) is 0 Å². The van der Waals surface area contributed by atoms with Gasteiger partial charge in [-0.2, -0.15) is 0 Å². The fraction of sp³-hybridized carbons (Fsp3) is 0.900. The second-order valence-corrected chi connectivity index (χ2v) is 3.72. The predicted octanol–water partition coefficient (Wildman–Crippen LogP) is 1.23. The molecule has 13 heavy (non-hydrogen) atoms. The lowest BCUT2D eigenvalue weighted by Gasteiger charge is -2.27. The largest absolute Gasteiger partial charge is 0.343 e. The van der Waals surface area contributed by atoms with Crippen LogP contribution in [0.25, 0.3) is 0 Å². The van der Waals surface area contributed by atoms with Gasteiger partial charge in [-0.05, 0) is 13.3 Å². The van der Waals surface area contributed by atoms with E-state index in [0.29, 0.717) is 12.6 Å². The van der Waals surface area contributed by atoms with Gasteiger partial charge < -0.3 is 10.6 Å². The molecule has 2 N–H and O–H groups in total. The summed E-state index contributed by atoms with van der Waals surface area (Å²) in [5.41, 5.74) is 5.44. The first-order chi connectivity index (χ1) is 6.04. The molecule has 0 saturated heterocycles. The van der Waals surface area contributed by atoms with E-state index in [4.69, 9.17) is 5.73 Å². The van der Waals surface area contributed by atoms with E-state index in [1.54, 1.807) is 4.90 Å². The topological polar surface area (TPSA) is 46.3 Å². The number of nitrogens with two attached hydrogens (primary N) is 1. The summed E-state index contributed by atoms with van der Waals surface area (Å²) in [7, 11) is 1.86. The Bertz CT molecular complexity index is 159. The predicted molar refractivity (Wildman–Crippen MR) is 55.4 cm³/mol. The lowest BCUT2D eigenvalue weighted by Crippen LogP contribution is -2.40. The summed E-state index contributed by atoms with van der Waals surface area (Å²) in [5.74, 6) is 0.104. The third-order valence-electron chi connectivity index (χ3n) is 2.49. The number of hydrogen-bond donors (Lipinski definition) is 1. The highest BCUT2D eigenvalue weighted by molar-refractivity contribution is 5.78. The zero-order valence-electron chi connectivity index (χ0n) is 9.21. The summed E-state index contributed by atoms with van der Waals surface area (Å²) < 4.78 is 0. The molecular formula is C10H22N2O. The van der Waals surface area contributed by atoms with Crippen LogP contribution in [0.15, 0.2) is 0 Å². The maximum atomic E-state index is 11.6. The Kier molecular flexibility index (Phi) is 5.71. The van der Waals surface area contributed by atoms with Gasteiger partial charge in [-0.15, -0.1) is 0 Å². The molecular weight excluding hydrogens is 164 g/mol. The Labute approximate surface area is 81.3 Å². The van der Waals surface area contributed by atoms with Crippen LogP contribution in [0.5, 0.6) is 0 Å². The average molecular weight is 186 g/mol. The Morgan fingerprint density at radius 3 is 2.38 bits per heavy atom. The van der Waals surface area contributed by atoms with Crippen LogP contribution in [0.1, 0.15) is 33.6 Å². The van der Waals surface area contributed by atoms with Crippen molar-refractivity contribution < 1.29 is 4.79 Å². The first-order valence-corrected chi connectivity index (χ1v) is 5.01. The molecule has 3 heteroatoms. The summed E-state index contributed by atoms with van der Waals surface area (Å²) in [5, 5.41) is 0. The summed E-state index contributed by atoms with van der Waals surface area (Å²) in [6.45, 7) is 6.51. The van der Waals surface area contributed by atoms with E-state index in [-0.39, 0.29) is 11.8 Å². The molecule has 0 rings (SSSR count). The molecule has 0 aliphatic carbocycles. The second-order valence-electron chi connectivity index (χ2n) is 3.72. The Morgan fingerprint density at radius 1 is 1.46 bits per heavy atom. The molecule has 0 aromatic carbocycles. The van der Waals surface area contributed by atoms with Crippen molar-refractivity contribution in [1.82, 2.24) is 4.90 Å². The third-order valence-corrected chi connectivity index (χ3v) is 2.49. The highest BCUT2D eigenvalue weighted by Gasteiger charge is 2.19. The normalized spacial score (nSPS) is 15.2. The van der Waals surface area contributed by atoms with Gasteiger partial charge in [0, 0.05) is 25.6 Å². The molecule has 0 heterocycles. The minimum Gasteiger partial charge on any atom is -0.343 e. The molecule has 0 spiro atoms. The van der Waals surface area contributed by atoms with E-state index >= 15 is 0 Å². The van der Waals surface area contributed by atoms with Crippen LogP contribution in [0.4, 0.5) is 0 Å². The molecule has 0 aromatic heterocycles. The highest BCUT2D eigenvalue weighted by atomic mass is 16.2. The Morgan fingerprint density at radius 2 is 2.00 bits per heavy atom. The van der Waals surface area contributed by atoms with E-state index in [0.717, 1.165) is 12.8 Å². The van der Waals surface area contributed by atoms with E-state index < -0.39 is 0 Å². The Balaban J connectivity index is 4.08. The summed E-state index contributed by atoms with van der Waals surface area (Å²) in [6, 6.07) is 0.325. The van der Waals surface area contributed by atoms with Crippen LogP contribution in [-0.4, -0.2) is 30.4 Å². The smallest absolute Gasteiger partial charge is 0.226 e. The zero-order chi connectivity index (χ0) is 10.4. The van der Waals surface area contributed by atoms with Gasteiger partial charge >= 0.3 is 0 Å². The van der Waals surface area contributed by atoms with E-state index in [2.05, 4.69) is 13.8 Å².